The zero-order valence-electron chi connectivity index (χ0n) is 10.4. The average molecular weight is 390 g/mol. The van der Waals surface area contributed by atoms with E-state index in [-0.39, 0.29) is 11.7 Å². The van der Waals surface area contributed by atoms with Crippen molar-refractivity contribution in [3.63, 3.8) is 0 Å². The fourth-order valence-electron chi connectivity index (χ4n) is 1.44. The normalized spacial score (nSPS) is 13.3. The Morgan fingerprint density at radius 1 is 1.37 bits per heavy atom. The van der Waals surface area contributed by atoms with Crippen molar-refractivity contribution in [2.45, 2.75) is 19.8 Å². The minimum atomic E-state index is -3.40. The first-order valence-corrected chi connectivity index (χ1v) is 9.43. The molecule has 0 aliphatic rings. The summed E-state index contributed by atoms with van der Waals surface area (Å²) < 4.78 is 28.1. The molecule has 0 aromatic heterocycles. The number of hydrogen-bond acceptors (Lipinski definition) is 3. The van der Waals surface area contributed by atoms with Gasteiger partial charge in [0.25, 0.3) is 0 Å². The molecule has 3 nitrogen and oxygen atoms in total. The molecule has 1 rings (SSSR count). The summed E-state index contributed by atoms with van der Waals surface area (Å²) in [5.74, 6) is 0.834. The van der Waals surface area contributed by atoms with Gasteiger partial charge in [-0.25, -0.2) is 8.42 Å². The number of ether oxygens (including phenoxy) is 1. The van der Waals surface area contributed by atoms with Crippen molar-refractivity contribution in [3.8, 4) is 5.75 Å². The molecule has 19 heavy (non-hydrogen) atoms. The maximum absolute atomic E-state index is 10.8. The van der Waals surface area contributed by atoms with Gasteiger partial charge in [-0.2, -0.15) is 0 Å². The molecule has 0 aliphatic carbocycles. The Labute approximate surface area is 131 Å². The van der Waals surface area contributed by atoms with Crippen molar-refractivity contribution in [2.75, 3.05) is 12.4 Å². The van der Waals surface area contributed by atoms with Crippen LogP contribution in [0.1, 0.15) is 19.8 Å². The molecule has 0 saturated heterocycles. The summed E-state index contributed by atoms with van der Waals surface area (Å²) in [6.45, 7) is 2.45. The molecule has 0 N–H and O–H groups in total. The van der Waals surface area contributed by atoms with E-state index in [0.717, 1.165) is 10.9 Å². The van der Waals surface area contributed by atoms with Gasteiger partial charge in [-0.05, 0) is 37.0 Å². The molecule has 0 bridgehead atoms. The number of benzene rings is 1. The molecule has 0 heterocycles. The van der Waals surface area contributed by atoms with Crippen LogP contribution in [0.5, 0.6) is 5.75 Å². The SMILES string of the molecule is CC(CCOc1cc(Br)ccc1Cl)CCS(=O)(=O)Cl. The number of hydrogen-bond donors (Lipinski definition) is 0. The van der Waals surface area contributed by atoms with Crippen molar-refractivity contribution >= 4 is 47.3 Å². The molecule has 0 fully saturated rings. The molecule has 1 aromatic carbocycles. The van der Waals surface area contributed by atoms with Gasteiger partial charge in [0.05, 0.1) is 17.4 Å². The molecular formula is C12H15BrCl2O3S. The Hall–Kier alpha value is 0.0300. The molecular weight excluding hydrogens is 375 g/mol. The van der Waals surface area contributed by atoms with E-state index in [1.54, 1.807) is 12.1 Å². The van der Waals surface area contributed by atoms with E-state index in [2.05, 4.69) is 15.9 Å². The summed E-state index contributed by atoms with van der Waals surface area (Å²) in [5.41, 5.74) is 0. The van der Waals surface area contributed by atoms with Crippen molar-refractivity contribution in [2.24, 2.45) is 5.92 Å². The zero-order chi connectivity index (χ0) is 14.5. The van der Waals surface area contributed by atoms with Gasteiger partial charge in [0, 0.05) is 15.2 Å². The summed E-state index contributed by atoms with van der Waals surface area (Å²) >= 11 is 9.33. The molecule has 1 atom stereocenters. The maximum atomic E-state index is 10.8. The van der Waals surface area contributed by atoms with Gasteiger partial charge in [0.2, 0.25) is 9.05 Å². The van der Waals surface area contributed by atoms with Crippen molar-refractivity contribution < 1.29 is 13.2 Å². The van der Waals surface area contributed by atoms with Gasteiger partial charge < -0.3 is 4.74 Å². The largest absolute Gasteiger partial charge is 0.492 e. The predicted octanol–water partition coefficient (Wildman–Crippen LogP) is 4.47. The second-order valence-corrected chi connectivity index (χ2v) is 8.57. The molecule has 0 saturated carbocycles. The van der Waals surface area contributed by atoms with Crippen LogP contribution in [-0.4, -0.2) is 20.8 Å². The summed E-state index contributed by atoms with van der Waals surface area (Å²) in [5, 5.41) is 0.555. The van der Waals surface area contributed by atoms with Crippen LogP contribution in [0.25, 0.3) is 0 Å². The molecule has 0 spiro atoms. The number of halogens is 3. The van der Waals surface area contributed by atoms with Gasteiger partial charge in [0.1, 0.15) is 5.75 Å². The standard InChI is InChI=1S/C12H15BrCl2O3S/c1-9(5-7-19(15,16)17)4-6-18-12-8-10(13)2-3-11(12)14/h2-3,8-9H,4-7H2,1H3. The Balaban J connectivity index is 2.35. The van der Waals surface area contributed by atoms with E-state index < -0.39 is 9.05 Å². The molecule has 108 valence electrons. The van der Waals surface area contributed by atoms with E-state index >= 15 is 0 Å². The highest BCUT2D eigenvalue weighted by atomic mass is 79.9. The van der Waals surface area contributed by atoms with E-state index in [1.165, 1.54) is 0 Å². The third kappa shape index (κ3) is 7.40. The minimum Gasteiger partial charge on any atom is -0.492 e. The second kappa shape index (κ2) is 7.72. The lowest BCUT2D eigenvalue weighted by Gasteiger charge is -2.12. The van der Waals surface area contributed by atoms with Crippen LogP contribution < -0.4 is 4.74 Å². The highest BCUT2D eigenvalue weighted by Gasteiger charge is 2.10. The van der Waals surface area contributed by atoms with Crippen LogP contribution in [0, 0.1) is 5.92 Å². The first-order chi connectivity index (χ1) is 8.78. The third-order valence-corrected chi connectivity index (χ3v) is 4.61. The van der Waals surface area contributed by atoms with E-state index in [0.29, 0.717) is 23.8 Å². The van der Waals surface area contributed by atoms with Crippen LogP contribution in [-0.2, 0) is 9.05 Å². The molecule has 1 unspecified atom stereocenters. The summed E-state index contributed by atoms with van der Waals surface area (Å²) in [6.07, 6.45) is 1.27. The fourth-order valence-corrected chi connectivity index (χ4v) is 2.91. The fraction of sp³-hybridized carbons (Fsp3) is 0.500. The van der Waals surface area contributed by atoms with Gasteiger partial charge in [-0.15, -0.1) is 0 Å². The highest BCUT2D eigenvalue weighted by Crippen LogP contribution is 2.28. The lowest BCUT2D eigenvalue weighted by atomic mass is 10.1. The predicted molar refractivity (Wildman–Crippen MR) is 82.7 cm³/mol. The van der Waals surface area contributed by atoms with Gasteiger partial charge >= 0.3 is 0 Å². The van der Waals surface area contributed by atoms with Gasteiger partial charge in [-0.3, -0.25) is 0 Å². The number of rotatable bonds is 7. The minimum absolute atomic E-state index is 0.00658. The Kier molecular flexibility index (Phi) is 6.94. The smallest absolute Gasteiger partial charge is 0.232 e. The van der Waals surface area contributed by atoms with Crippen LogP contribution >= 0.6 is 38.2 Å². The van der Waals surface area contributed by atoms with Crippen molar-refractivity contribution in [1.29, 1.82) is 0 Å². The van der Waals surface area contributed by atoms with E-state index in [4.69, 9.17) is 27.0 Å². The lowest BCUT2D eigenvalue weighted by Crippen LogP contribution is -2.08. The first-order valence-electron chi connectivity index (χ1n) is 5.78. The third-order valence-electron chi connectivity index (χ3n) is 2.62. The molecule has 1 aromatic rings. The van der Waals surface area contributed by atoms with Gasteiger partial charge in [0.15, 0.2) is 0 Å². The Morgan fingerprint density at radius 3 is 2.68 bits per heavy atom. The van der Waals surface area contributed by atoms with E-state index in [1.807, 2.05) is 13.0 Å². The summed E-state index contributed by atoms with van der Waals surface area (Å²) in [4.78, 5) is 0. The van der Waals surface area contributed by atoms with Gasteiger partial charge in [-0.1, -0.05) is 34.5 Å². The maximum Gasteiger partial charge on any atom is 0.232 e. The average Bonchev–Trinajstić information content (AvgIpc) is 2.30. The monoisotopic (exact) mass is 388 g/mol. The van der Waals surface area contributed by atoms with Crippen molar-refractivity contribution in [3.05, 3.63) is 27.7 Å². The molecule has 0 amide bonds. The topological polar surface area (TPSA) is 43.4 Å². The highest BCUT2D eigenvalue weighted by molar-refractivity contribution is 9.10. The zero-order valence-corrected chi connectivity index (χ0v) is 14.3. The van der Waals surface area contributed by atoms with Crippen LogP contribution in [0.3, 0.4) is 0 Å². The Bertz CT molecular complexity index is 520. The van der Waals surface area contributed by atoms with Crippen LogP contribution in [0.15, 0.2) is 22.7 Å². The summed E-state index contributed by atoms with van der Waals surface area (Å²) in [6, 6.07) is 5.39. The molecule has 7 heteroatoms. The first kappa shape index (κ1) is 17.1. The Morgan fingerprint density at radius 2 is 2.05 bits per heavy atom. The molecule has 0 aliphatic heterocycles. The lowest BCUT2D eigenvalue weighted by molar-refractivity contribution is 0.282. The van der Waals surface area contributed by atoms with E-state index in [9.17, 15) is 8.42 Å². The summed E-state index contributed by atoms with van der Waals surface area (Å²) in [7, 11) is 1.76. The van der Waals surface area contributed by atoms with Crippen LogP contribution in [0.2, 0.25) is 5.02 Å². The second-order valence-electron chi connectivity index (χ2n) is 4.35. The van der Waals surface area contributed by atoms with Crippen LogP contribution in [0.4, 0.5) is 0 Å². The van der Waals surface area contributed by atoms with Crippen molar-refractivity contribution in [1.82, 2.24) is 0 Å². The quantitative estimate of drug-likeness (QED) is 0.646. The molecule has 0 radical (unpaired) electrons.